The Morgan fingerprint density at radius 1 is 1.19 bits per heavy atom. The van der Waals surface area contributed by atoms with Gasteiger partial charge in [0.2, 0.25) is 0 Å². The maximum Gasteiger partial charge on any atom is 0.192 e. The molecule has 0 bridgehead atoms. The average Bonchev–Trinajstić information content (AvgIpc) is 2.65. The zero-order valence-corrected chi connectivity index (χ0v) is 16.2. The number of hydrogen-bond donors (Lipinski definition) is 1. The van der Waals surface area contributed by atoms with E-state index in [-0.39, 0.29) is 11.1 Å². The summed E-state index contributed by atoms with van der Waals surface area (Å²) in [5.74, 6) is 1.12. The molecular formula is C18H36O2Si. The van der Waals surface area contributed by atoms with Gasteiger partial charge in [-0.3, -0.25) is 0 Å². The van der Waals surface area contributed by atoms with Gasteiger partial charge in [-0.1, -0.05) is 34.1 Å². The van der Waals surface area contributed by atoms with Crippen LogP contribution in [0.1, 0.15) is 66.7 Å². The summed E-state index contributed by atoms with van der Waals surface area (Å²) in [6.07, 6.45) is 6.42. The van der Waals surface area contributed by atoms with Gasteiger partial charge in [0.15, 0.2) is 8.32 Å². The van der Waals surface area contributed by atoms with E-state index in [1.165, 1.54) is 32.1 Å². The largest absolute Gasteiger partial charge is 0.414 e. The summed E-state index contributed by atoms with van der Waals surface area (Å²) in [4.78, 5) is 0. The van der Waals surface area contributed by atoms with Crippen LogP contribution in [0.2, 0.25) is 18.1 Å². The fourth-order valence-corrected chi connectivity index (χ4v) is 6.04. The van der Waals surface area contributed by atoms with Gasteiger partial charge < -0.3 is 9.53 Å². The second kappa shape index (κ2) is 5.65. The molecule has 0 aromatic heterocycles. The average molecular weight is 313 g/mol. The molecule has 5 atom stereocenters. The van der Waals surface area contributed by atoms with Crippen molar-refractivity contribution in [2.24, 2.45) is 17.3 Å². The first-order valence-corrected chi connectivity index (χ1v) is 11.8. The van der Waals surface area contributed by atoms with Gasteiger partial charge in [-0.15, -0.1) is 0 Å². The van der Waals surface area contributed by atoms with Crippen LogP contribution in [0.15, 0.2) is 0 Å². The predicted molar refractivity (Wildman–Crippen MR) is 91.9 cm³/mol. The van der Waals surface area contributed by atoms with Crippen LogP contribution >= 0.6 is 0 Å². The van der Waals surface area contributed by atoms with Gasteiger partial charge in [-0.25, -0.2) is 0 Å². The predicted octanol–water partition coefficient (Wildman–Crippen LogP) is 4.97. The molecule has 2 aliphatic rings. The highest BCUT2D eigenvalue weighted by molar-refractivity contribution is 6.74. The molecule has 2 aliphatic carbocycles. The summed E-state index contributed by atoms with van der Waals surface area (Å²) >= 11 is 0. The van der Waals surface area contributed by atoms with E-state index in [2.05, 4.69) is 40.8 Å². The molecule has 124 valence electrons. The second-order valence-electron chi connectivity index (χ2n) is 9.35. The molecule has 0 saturated heterocycles. The Labute approximate surface area is 132 Å². The smallest absolute Gasteiger partial charge is 0.192 e. The van der Waals surface area contributed by atoms with Crippen molar-refractivity contribution in [3.8, 4) is 0 Å². The summed E-state index contributed by atoms with van der Waals surface area (Å²) < 4.78 is 6.81. The molecule has 0 amide bonds. The number of fused-ring (bicyclic) bond motifs is 1. The normalized spacial score (nSPS) is 39.1. The van der Waals surface area contributed by atoms with Crippen molar-refractivity contribution in [1.29, 1.82) is 0 Å². The van der Waals surface area contributed by atoms with E-state index in [1.807, 2.05) is 6.92 Å². The fourth-order valence-electron chi connectivity index (χ4n) is 4.65. The van der Waals surface area contributed by atoms with Crippen LogP contribution in [0.3, 0.4) is 0 Å². The molecular weight excluding hydrogens is 276 g/mol. The van der Waals surface area contributed by atoms with Gasteiger partial charge >= 0.3 is 0 Å². The lowest BCUT2D eigenvalue weighted by Gasteiger charge is -2.49. The molecule has 1 N–H and O–H groups in total. The lowest BCUT2D eigenvalue weighted by molar-refractivity contribution is -0.0384. The summed E-state index contributed by atoms with van der Waals surface area (Å²) in [6, 6.07) is 0. The van der Waals surface area contributed by atoms with Crippen molar-refractivity contribution >= 4 is 8.32 Å². The highest BCUT2D eigenvalue weighted by Crippen LogP contribution is 2.58. The van der Waals surface area contributed by atoms with E-state index in [1.54, 1.807) is 0 Å². The molecule has 0 radical (unpaired) electrons. The minimum Gasteiger partial charge on any atom is -0.414 e. The van der Waals surface area contributed by atoms with E-state index in [4.69, 9.17) is 4.43 Å². The Kier molecular flexibility index (Phi) is 4.70. The monoisotopic (exact) mass is 312 g/mol. The van der Waals surface area contributed by atoms with Crippen LogP contribution < -0.4 is 0 Å². The van der Waals surface area contributed by atoms with Crippen LogP contribution in [-0.4, -0.2) is 25.6 Å². The molecule has 2 saturated carbocycles. The van der Waals surface area contributed by atoms with Crippen LogP contribution in [0, 0.1) is 17.3 Å². The van der Waals surface area contributed by atoms with Gasteiger partial charge in [-0.05, 0) is 68.0 Å². The zero-order chi connectivity index (χ0) is 16.1. The Hall–Kier alpha value is 0.137. The molecule has 0 aromatic carbocycles. The van der Waals surface area contributed by atoms with E-state index in [0.717, 1.165) is 0 Å². The van der Waals surface area contributed by atoms with Crippen LogP contribution in [0.25, 0.3) is 0 Å². The van der Waals surface area contributed by atoms with E-state index < -0.39 is 8.32 Å². The van der Waals surface area contributed by atoms with Crippen molar-refractivity contribution in [2.75, 3.05) is 0 Å². The minimum absolute atomic E-state index is 0.174. The molecule has 0 heterocycles. The summed E-state index contributed by atoms with van der Waals surface area (Å²) in [5.41, 5.74) is 0.291. The number of aliphatic hydroxyl groups is 1. The number of aliphatic hydroxyl groups excluding tert-OH is 1. The molecule has 0 aromatic rings. The first-order chi connectivity index (χ1) is 9.49. The lowest BCUT2D eigenvalue weighted by atomic mass is 9.63. The maximum atomic E-state index is 10.2. The van der Waals surface area contributed by atoms with Crippen molar-refractivity contribution < 1.29 is 9.53 Å². The molecule has 21 heavy (non-hydrogen) atoms. The SMILES string of the molecule is C[C@H](O)C1CC[C@H]2C(O[Si](C)(C)C(C)(C)C)CCC[C@]12C. The van der Waals surface area contributed by atoms with Gasteiger partial charge in [0, 0.05) is 6.10 Å². The van der Waals surface area contributed by atoms with Crippen molar-refractivity contribution in [3.63, 3.8) is 0 Å². The number of hydrogen-bond acceptors (Lipinski definition) is 2. The van der Waals surface area contributed by atoms with E-state index in [9.17, 15) is 5.11 Å². The first kappa shape index (κ1) is 17.5. The van der Waals surface area contributed by atoms with Crippen LogP contribution in [0.5, 0.6) is 0 Å². The van der Waals surface area contributed by atoms with E-state index >= 15 is 0 Å². The van der Waals surface area contributed by atoms with Gasteiger partial charge in [-0.2, -0.15) is 0 Å². The second-order valence-corrected chi connectivity index (χ2v) is 14.1. The Balaban J connectivity index is 2.17. The number of rotatable bonds is 3. The summed E-state index contributed by atoms with van der Waals surface area (Å²) in [5, 5.41) is 10.5. The van der Waals surface area contributed by atoms with Gasteiger partial charge in [0.1, 0.15) is 0 Å². The quantitative estimate of drug-likeness (QED) is 0.745. The van der Waals surface area contributed by atoms with Crippen LogP contribution in [-0.2, 0) is 4.43 Å². The third-order valence-corrected chi connectivity index (χ3v) is 11.5. The standard InChI is InChI=1S/C18H36O2Si/c1-13(19)14-10-11-15-16(9-8-12-18(14,15)5)20-21(6,7)17(2,3)4/h13-16,19H,8-12H2,1-7H3/t13-,14?,15-,16?,18+/m0/s1. The van der Waals surface area contributed by atoms with Crippen molar-refractivity contribution in [3.05, 3.63) is 0 Å². The first-order valence-electron chi connectivity index (χ1n) is 8.85. The Morgan fingerprint density at radius 2 is 1.81 bits per heavy atom. The molecule has 3 heteroatoms. The Morgan fingerprint density at radius 3 is 2.33 bits per heavy atom. The van der Waals surface area contributed by atoms with Gasteiger partial charge in [0.05, 0.1) is 6.10 Å². The third kappa shape index (κ3) is 3.11. The van der Waals surface area contributed by atoms with Crippen molar-refractivity contribution in [2.45, 2.75) is 97.1 Å². The summed E-state index contributed by atoms with van der Waals surface area (Å²) in [6.45, 7) is 16.1. The topological polar surface area (TPSA) is 29.5 Å². The van der Waals surface area contributed by atoms with E-state index in [0.29, 0.717) is 23.4 Å². The Bertz CT molecular complexity index is 372. The molecule has 2 fully saturated rings. The van der Waals surface area contributed by atoms with Crippen molar-refractivity contribution in [1.82, 2.24) is 0 Å². The highest BCUT2D eigenvalue weighted by atomic mass is 28.4. The van der Waals surface area contributed by atoms with Gasteiger partial charge in [0.25, 0.3) is 0 Å². The maximum absolute atomic E-state index is 10.2. The fraction of sp³-hybridized carbons (Fsp3) is 1.00. The molecule has 0 aliphatic heterocycles. The molecule has 0 spiro atoms. The zero-order valence-electron chi connectivity index (χ0n) is 15.2. The molecule has 2 unspecified atom stereocenters. The van der Waals surface area contributed by atoms with Crippen LogP contribution in [0.4, 0.5) is 0 Å². The highest BCUT2D eigenvalue weighted by Gasteiger charge is 2.54. The third-order valence-electron chi connectivity index (χ3n) is 6.97. The minimum atomic E-state index is -1.70. The molecule has 2 nitrogen and oxygen atoms in total. The molecule has 2 rings (SSSR count). The lowest BCUT2D eigenvalue weighted by Crippen LogP contribution is -2.50. The summed E-state index contributed by atoms with van der Waals surface area (Å²) in [7, 11) is -1.70.